The van der Waals surface area contributed by atoms with Gasteiger partial charge in [-0.25, -0.2) is 0 Å². The molecule has 0 aliphatic carbocycles. The monoisotopic (exact) mass is 300 g/mol. The molecule has 1 saturated heterocycles. The summed E-state index contributed by atoms with van der Waals surface area (Å²) in [7, 11) is 0. The third-order valence-electron chi connectivity index (χ3n) is 4.15. The van der Waals surface area contributed by atoms with Crippen LogP contribution >= 0.6 is 0 Å². The Morgan fingerprint density at radius 2 is 1.81 bits per heavy atom. The average molecular weight is 300 g/mol. The van der Waals surface area contributed by atoms with Gasteiger partial charge in [0.05, 0.1) is 0 Å². The fourth-order valence-electron chi connectivity index (χ4n) is 3.06. The Morgan fingerprint density at radius 1 is 1.19 bits per heavy atom. The normalized spacial score (nSPS) is 18.9. The lowest BCUT2D eigenvalue weighted by molar-refractivity contribution is -0.188. The van der Waals surface area contributed by atoms with Crippen molar-refractivity contribution >= 4 is 0 Å². The first kappa shape index (κ1) is 16.3. The van der Waals surface area contributed by atoms with Crippen molar-refractivity contribution in [1.82, 2.24) is 10.2 Å². The molecule has 0 saturated carbocycles. The van der Waals surface area contributed by atoms with Gasteiger partial charge in [-0.15, -0.1) is 0 Å². The SMILES string of the molecule is CCN(CC1CCNCC1)C(c1ccccc1)C(F)(F)F. The van der Waals surface area contributed by atoms with E-state index in [2.05, 4.69) is 5.32 Å². The third kappa shape index (κ3) is 4.45. The molecule has 1 aliphatic heterocycles. The van der Waals surface area contributed by atoms with E-state index >= 15 is 0 Å². The molecule has 0 bridgehead atoms. The summed E-state index contributed by atoms with van der Waals surface area (Å²) in [4.78, 5) is 1.57. The van der Waals surface area contributed by atoms with Crippen molar-refractivity contribution in [3.8, 4) is 0 Å². The molecular formula is C16H23F3N2. The van der Waals surface area contributed by atoms with Crippen molar-refractivity contribution in [2.24, 2.45) is 5.92 Å². The molecule has 1 aromatic rings. The zero-order valence-corrected chi connectivity index (χ0v) is 12.4. The summed E-state index contributed by atoms with van der Waals surface area (Å²) in [5, 5.41) is 3.26. The number of piperidine rings is 1. The molecule has 2 rings (SSSR count). The molecule has 118 valence electrons. The van der Waals surface area contributed by atoms with E-state index in [4.69, 9.17) is 0 Å². The van der Waals surface area contributed by atoms with Crippen molar-refractivity contribution in [3.05, 3.63) is 35.9 Å². The topological polar surface area (TPSA) is 15.3 Å². The number of rotatable bonds is 5. The van der Waals surface area contributed by atoms with Gasteiger partial charge in [-0.2, -0.15) is 13.2 Å². The molecule has 2 nitrogen and oxygen atoms in total. The molecule has 1 N–H and O–H groups in total. The third-order valence-corrected chi connectivity index (χ3v) is 4.15. The van der Waals surface area contributed by atoms with Crippen molar-refractivity contribution in [2.75, 3.05) is 26.2 Å². The van der Waals surface area contributed by atoms with Gasteiger partial charge in [-0.3, -0.25) is 4.90 Å². The fourth-order valence-corrected chi connectivity index (χ4v) is 3.06. The molecule has 0 aromatic heterocycles. The lowest BCUT2D eigenvalue weighted by Gasteiger charge is -2.36. The van der Waals surface area contributed by atoms with Crippen LogP contribution in [0.15, 0.2) is 30.3 Å². The van der Waals surface area contributed by atoms with Crippen LogP contribution in [0, 0.1) is 5.92 Å². The molecule has 1 aromatic carbocycles. The standard InChI is InChI=1S/C16H23F3N2/c1-2-21(12-13-8-10-20-11-9-13)15(16(17,18)19)14-6-4-3-5-7-14/h3-7,13,15,20H,2,8-12H2,1H3. The van der Waals surface area contributed by atoms with E-state index in [-0.39, 0.29) is 0 Å². The summed E-state index contributed by atoms with van der Waals surface area (Å²) < 4.78 is 40.6. The predicted molar refractivity (Wildman–Crippen MR) is 78.1 cm³/mol. The first-order chi connectivity index (χ1) is 10.0. The van der Waals surface area contributed by atoms with Crippen LogP contribution < -0.4 is 5.32 Å². The van der Waals surface area contributed by atoms with E-state index < -0.39 is 12.2 Å². The minimum absolute atomic E-state index is 0.334. The Bertz CT molecular complexity index is 413. The molecule has 1 aliphatic rings. The van der Waals surface area contributed by atoms with Gasteiger partial charge in [0.15, 0.2) is 0 Å². The Labute approximate surface area is 124 Å². The highest BCUT2D eigenvalue weighted by Crippen LogP contribution is 2.38. The minimum Gasteiger partial charge on any atom is -0.317 e. The highest BCUT2D eigenvalue weighted by Gasteiger charge is 2.44. The maximum atomic E-state index is 13.5. The first-order valence-electron chi connectivity index (χ1n) is 7.58. The molecule has 0 amide bonds. The molecule has 0 radical (unpaired) electrons. The number of hydrogen-bond acceptors (Lipinski definition) is 2. The van der Waals surface area contributed by atoms with Crippen molar-refractivity contribution in [3.63, 3.8) is 0 Å². The second-order valence-electron chi connectivity index (χ2n) is 5.64. The number of nitrogens with one attached hydrogen (secondary N) is 1. The van der Waals surface area contributed by atoms with Crippen LogP contribution in [0.5, 0.6) is 0 Å². The van der Waals surface area contributed by atoms with Gasteiger partial charge in [0.25, 0.3) is 0 Å². The highest BCUT2D eigenvalue weighted by molar-refractivity contribution is 5.20. The summed E-state index contributed by atoms with van der Waals surface area (Å²) in [6, 6.07) is 6.74. The molecular weight excluding hydrogens is 277 g/mol. The zero-order chi connectivity index (χ0) is 15.3. The van der Waals surface area contributed by atoms with E-state index in [1.165, 1.54) is 0 Å². The van der Waals surface area contributed by atoms with Crippen molar-refractivity contribution in [2.45, 2.75) is 32.0 Å². The summed E-state index contributed by atoms with van der Waals surface area (Å²) in [6.45, 7) is 4.54. The van der Waals surface area contributed by atoms with E-state index in [0.29, 0.717) is 24.6 Å². The van der Waals surface area contributed by atoms with Crippen LogP contribution in [0.4, 0.5) is 13.2 Å². The van der Waals surface area contributed by atoms with Crippen LogP contribution in [-0.4, -0.2) is 37.3 Å². The maximum absolute atomic E-state index is 13.5. The molecule has 21 heavy (non-hydrogen) atoms. The smallest absolute Gasteiger partial charge is 0.317 e. The van der Waals surface area contributed by atoms with Gasteiger partial charge in [0, 0.05) is 6.54 Å². The van der Waals surface area contributed by atoms with Crippen LogP contribution in [-0.2, 0) is 0 Å². The highest BCUT2D eigenvalue weighted by atomic mass is 19.4. The number of nitrogens with zero attached hydrogens (tertiary/aromatic N) is 1. The van der Waals surface area contributed by atoms with Gasteiger partial charge >= 0.3 is 6.18 Å². The van der Waals surface area contributed by atoms with Crippen molar-refractivity contribution in [1.29, 1.82) is 0 Å². The number of halogens is 3. The Balaban J connectivity index is 2.17. The molecule has 1 unspecified atom stereocenters. The van der Waals surface area contributed by atoms with Gasteiger partial charge in [0.1, 0.15) is 6.04 Å². The lowest BCUT2D eigenvalue weighted by Crippen LogP contribution is -2.43. The predicted octanol–water partition coefficient (Wildman–Crippen LogP) is 3.61. The second-order valence-corrected chi connectivity index (χ2v) is 5.64. The number of benzene rings is 1. The fraction of sp³-hybridized carbons (Fsp3) is 0.625. The maximum Gasteiger partial charge on any atom is 0.408 e. The van der Waals surface area contributed by atoms with Crippen LogP contribution in [0.3, 0.4) is 0 Å². The van der Waals surface area contributed by atoms with E-state index in [1.807, 2.05) is 6.92 Å². The number of alkyl halides is 3. The van der Waals surface area contributed by atoms with Crippen LogP contribution in [0.1, 0.15) is 31.4 Å². The Morgan fingerprint density at radius 3 is 2.33 bits per heavy atom. The van der Waals surface area contributed by atoms with E-state index in [0.717, 1.165) is 25.9 Å². The van der Waals surface area contributed by atoms with Gasteiger partial charge in [-0.1, -0.05) is 37.3 Å². The summed E-state index contributed by atoms with van der Waals surface area (Å²) in [6.07, 6.45) is -2.34. The lowest BCUT2D eigenvalue weighted by atomic mass is 9.95. The largest absolute Gasteiger partial charge is 0.408 e. The van der Waals surface area contributed by atoms with Crippen LogP contribution in [0.25, 0.3) is 0 Å². The van der Waals surface area contributed by atoms with Gasteiger partial charge in [-0.05, 0) is 44.0 Å². The van der Waals surface area contributed by atoms with Crippen LogP contribution in [0.2, 0.25) is 0 Å². The Hall–Kier alpha value is -1.07. The van der Waals surface area contributed by atoms with E-state index in [9.17, 15) is 13.2 Å². The molecule has 0 spiro atoms. The van der Waals surface area contributed by atoms with Crippen molar-refractivity contribution < 1.29 is 13.2 Å². The summed E-state index contributed by atoms with van der Waals surface area (Å²) in [5.41, 5.74) is 0.334. The molecule has 1 heterocycles. The quantitative estimate of drug-likeness (QED) is 0.893. The van der Waals surface area contributed by atoms with Gasteiger partial charge in [0.2, 0.25) is 0 Å². The van der Waals surface area contributed by atoms with E-state index in [1.54, 1.807) is 35.2 Å². The molecule has 5 heteroatoms. The second kappa shape index (κ2) is 7.27. The Kier molecular flexibility index (Phi) is 5.65. The van der Waals surface area contributed by atoms with Gasteiger partial charge < -0.3 is 5.32 Å². The first-order valence-corrected chi connectivity index (χ1v) is 7.58. The zero-order valence-electron chi connectivity index (χ0n) is 12.4. The molecule has 1 fully saturated rings. The molecule has 1 atom stereocenters. The minimum atomic E-state index is -4.25. The summed E-state index contributed by atoms with van der Waals surface area (Å²) >= 11 is 0. The average Bonchev–Trinajstić information content (AvgIpc) is 2.47. The summed E-state index contributed by atoms with van der Waals surface area (Å²) in [5.74, 6) is 0.347. The number of hydrogen-bond donors (Lipinski definition) is 1.